The van der Waals surface area contributed by atoms with Crippen LogP contribution in [0.4, 0.5) is 0 Å². The maximum absolute atomic E-state index is 11.8. The summed E-state index contributed by atoms with van der Waals surface area (Å²) in [7, 11) is 1.70. The zero-order chi connectivity index (χ0) is 13.8. The van der Waals surface area contributed by atoms with Gasteiger partial charge in [0.05, 0.1) is 0 Å². The van der Waals surface area contributed by atoms with E-state index in [1.807, 2.05) is 4.90 Å². The van der Waals surface area contributed by atoms with Gasteiger partial charge in [0.1, 0.15) is 0 Å². The van der Waals surface area contributed by atoms with Crippen molar-refractivity contribution in [2.75, 3.05) is 33.4 Å². The molecule has 18 heavy (non-hydrogen) atoms. The van der Waals surface area contributed by atoms with Crippen LogP contribution in [0.15, 0.2) is 12.7 Å². The van der Waals surface area contributed by atoms with Crippen molar-refractivity contribution >= 4 is 5.91 Å². The lowest BCUT2D eigenvalue weighted by molar-refractivity contribution is -0.132. The Hall–Kier alpha value is -0.870. The molecule has 0 N–H and O–H groups in total. The number of rotatable bonds is 4. The summed E-state index contributed by atoms with van der Waals surface area (Å²) in [6.45, 7) is 13.5. The van der Waals surface area contributed by atoms with Crippen LogP contribution in [-0.2, 0) is 9.53 Å². The van der Waals surface area contributed by atoms with Crippen LogP contribution in [0, 0.1) is 0 Å². The van der Waals surface area contributed by atoms with Gasteiger partial charge in [-0.15, -0.1) is 0 Å². The van der Waals surface area contributed by atoms with Crippen molar-refractivity contribution in [3.8, 4) is 0 Å². The SMILES string of the molecule is C=CC(=O)N1CCN(C(C)(C)C)C[C@@H]1CCOC. The molecule has 1 aliphatic heterocycles. The van der Waals surface area contributed by atoms with Gasteiger partial charge in [-0.25, -0.2) is 0 Å². The highest BCUT2D eigenvalue weighted by atomic mass is 16.5. The fraction of sp³-hybridized carbons (Fsp3) is 0.786. The molecule has 0 saturated carbocycles. The summed E-state index contributed by atoms with van der Waals surface area (Å²) < 4.78 is 5.14. The standard InChI is InChI=1S/C14H26N2O2/c1-6-13(17)16-9-8-15(14(2,3)4)11-12(16)7-10-18-5/h6,12H,1,7-11H2,2-5H3/t12-/m0/s1. The number of amides is 1. The van der Waals surface area contributed by atoms with Crippen LogP contribution in [0.3, 0.4) is 0 Å². The van der Waals surface area contributed by atoms with Crippen LogP contribution in [0.5, 0.6) is 0 Å². The van der Waals surface area contributed by atoms with Gasteiger partial charge in [0.25, 0.3) is 0 Å². The van der Waals surface area contributed by atoms with Gasteiger partial charge in [0.15, 0.2) is 0 Å². The molecule has 4 nitrogen and oxygen atoms in total. The van der Waals surface area contributed by atoms with Gasteiger partial charge in [0, 0.05) is 44.9 Å². The first-order valence-corrected chi connectivity index (χ1v) is 6.57. The third-order valence-corrected chi connectivity index (χ3v) is 3.54. The summed E-state index contributed by atoms with van der Waals surface area (Å²) in [6, 6.07) is 0.225. The lowest BCUT2D eigenvalue weighted by atomic mass is 10.0. The third-order valence-electron chi connectivity index (χ3n) is 3.54. The molecule has 0 aromatic carbocycles. The highest BCUT2D eigenvalue weighted by Crippen LogP contribution is 2.21. The molecule has 1 amide bonds. The Balaban J connectivity index is 2.72. The van der Waals surface area contributed by atoms with E-state index in [9.17, 15) is 4.79 Å². The van der Waals surface area contributed by atoms with Gasteiger partial charge in [-0.2, -0.15) is 0 Å². The average molecular weight is 254 g/mol. The summed E-state index contributed by atoms with van der Waals surface area (Å²) in [5.41, 5.74) is 0.147. The molecule has 104 valence electrons. The number of piperazine rings is 1. The molecule has 1 saturated heterocycles. The summed E-state index contributed by atoms with van der Waals surface area (Å²) in [4.78, 5) is 16.2. The van der Waals surface area contributed by atoms with E-state index in [1.165, 1.54) is 6.08 Å². The second-order valence-electron chi connectivity index (χ2n) is 5.79. The molecule has 4 heteroatoms. The van der Waals surface area contributed by atoms with E-state index in [-0.39, 0.29) is 17.5 Å². The molecule has 1 heterocycles. The van der Waals surface area contributed by atoms with E-state index in [0.717, 1.165) is 26.1 Å². The Morgan fingerprint density at radius 2 is 2.11 bits per heavy atom. The van der Waals surface area contributed by atoms with E-state index in [0.29, 0.717) is 6.61 Å². The van der Waals surface area contributed by atoms with Crippen LogP contribution < -0.4 is 0 Å². The fourth-order valence-corrected chi connectivity index (χ4v) is 2.37. The topological polar surface area (TPSA) is 32.8 Å². The maximum Gasteiger partial charge on any atom is 0.246 e. The van der Waals surface area contributed by atoms with Crippen LogP contribution in [-0.4, -0.2) is 60.6 Å². The van der Waals surface area contributed by atoms with Crippen molar-refractivity contribution in [1.82, 2.24) is 9.80 Å². The zero-order valence-electron chi connectivity index (χ0n) is 12.1. The van der Waals surface area contributed by atoms with Crippen LogP contribution in [0.2, 0.25) is 0 Å². The number of ether oxygens (including phenoxy) is 1. The average Bonchev–Trinajstić information content (AvgIpc) is 2.34. The first-order valence-electron chi connectivity index (χ1n) is 6.57. The predicted molar refractivity (Wildman–Crippen MR) is 73.5 cm³/mol. The number of nitrogens with zero attached hydrogens (tertiary/aromatic N) is 2. The Morgan fingerprint density at radius 3 is 2.61 bits per heavy atom. The monoisotopic (exact) mass is 254 g/mol. The number of carbonyl (C=O) groups excluding carboxylic acids is 1. The van der Waals surface area contributed by atoms with Gasteiger partial charge in [-0.1, -0.05) is 6.58 Å². The first kappa shape index (κ1) is 15.2. The Kier molecular flexibility index (Phi) is 5.35. The van der Waals surface area contributed by atoms with Gasteiger partial charge in [-0.3, -0.25) is 9.69 Å². The van der Waals surface area contributed by atoms with E-state index in [1.54, 1.807) is 7.11 Å². The molecule has 1 fully saturated rings. The molecule has 0 bridgehead atoms. The van der Waals surface area contributed by atoms with Crippen molar-refractivity contribution < 1.29 is 9.53 Å². The molecule has 0 aromatic rings. The molecule has 1 atom stereocenters. The van der Waals surface area contributed by atoms with Crippen LogP contribution in [0.25, 0.3) is 0 Å². The van der Waals surface area contributed by atoms with Crippen molar-refractivity contribution in [1.29, 1.82) is 0 Å². The van der Waals surface area contributed by atoms with E-state index >= 15 is 0 Å². The predicted octanol–water partition coefficient (Wildman–Crippen LogP) is 1.52. The van der Waals surface area contributed by atoms with Gasteiger partial charge in [0.2, 0.25) is 5.91 Å². The molecular weight excluding hydrogens is 228 g/mol. The molecule has 0 radical (unpaired) electrons. The number of hydrogen-bond acceptors (Lipinski definition) is 3. The molecule has 1 rings (SSSR count). The number of carbonyl (C=O) groups is 1. The summed E-state index contributed by atoms with van der Waals surface area (Å²) >= 11 is 0. The lowest BCUT2D eigenvalue weighted by Gasteiger charge is -2.46. The molecular formula is C14H26N2O2. The molecule has 0 aromatic heterocycles. The lowest BCUT2D eigenvalue weighted by Crippen LogP contribution is -2.59. The van der Waals surface area contributed by atoms with Crippen LogP contribution in [0.1, 0.15) is 27.2 Å². The minimum atomic E-state index is 0.0321. The highest BCUT2D eigenvalue weighted by Gasteiger charge is 2.33. The summed E-state index contributed by atoms with van der Waals surface area (Å²) in [5, 5.41) is 0. The Bertz CT molecular complexity index is 297. The Labute approximate surface area is 111 Å². The molecule has 0 unspecified atom stereocenters. The second kappa shape index (κ2) is 6.34. The summed E-state index contributed by atoms with van der Waals surface area (Å²) in [6.07, 6.45) is 2.29. The van der Waals surface area contributed by atoms with Crippen LogP contribution >= 0.6 is 0 Å². The third kappa shape index (κ3) is 3.82. The largest absolute Gasteiger partial charge is 0.385 e. The van der Waals surface area contributed by atoms with Gasteiger partial charge >= 0.3 is 0 Å². The normalized spacial score (nSPS) is 22.0. The highest BCUT2D eigenvalue weighted by molar-refractivity contribution is 5.87. The zero-order valence-corrected chi connectivity index (χ0v) is 12.1. The van der Waals surface area contributed by atoms with Crippen molar-refractivity contribution in [3.63, 3.8) is 0 Å². The van der Waals surface area contributed by atoms with Gasteiger partial charge in [-0.05, 0) is 33.3 Å². The van der Waals surface area contributed by atoms with Crippen molar-refractivity contribution in [3.05, 3.63) is 12.7 Å². The molecule has 1 aliphatic rings. The fourth-order valence-electron chi connectivity index (χ4n) is 2.37. The van der Waals surface area contributed by atoms with E-state index in [4.69, 9.17) is 4.74 Å². The Morgan fingerprint density at radius 1 is 1.44 bits per heavy atom. The quantitative estimate of drug-likeness (QED) is 0.713. The van der Waals surface area contributed by atoms with Crippen molar-refractivity contribution in [2.24, 2.45) is 0 Å². The van der Waals surface area contributed by atoms with E-state index < -0.39 is 0 Å². The van der Waals surface area contributed by atoms with E-state index in [2.05, 4.69) is 32.3 Å². The number of hydrogen-bond donors (Lipinski definition) is 0. The number of methoxy groups -OCH3 is 1. The van der Waals surface area contributed by atoms with Gasteiger partial charge < -0.3 is 9.64 Å². The molecule has 0 aliphatic carbocycles. The second-order valence-corrected chi connectivity index (χ2v) is 5.79. The minimum Gasteiger partial charge on any atom is -0.385 e. The van der Waals surface area contributed by atoms with Crippen molar-refractivity contribution in [2.45, 2.75) is 38.8 Å². The minimum absolute atomic E-state index is 0.0321. The maximum atomic E-state index is 11.8. The smallest absolute Gasteiger partial charge is 0.246 e. The summed E-state index contributed by atoms with van der Waals surface area (Å²) in [5.74, 6) is 0.0321. The molecule has 0 spiro atoms. The first-order chi connectivity index (χ1) is 8.40.